The average molecular weight is 269 g/mol. The van der Waals surface area contributed by atoms with Crippen LogP contribution in [0.15, 0.2) is 53.9 Å². The number of phenols is 1. The number of thiophene rings is 1. The lowest BCUT2D eigenvalue weighted by atomic mass is 10.1. The standard InChI is InChI=1S/C15H11NO2S/c17-13-7-2-4-10-11(13)5-1-6-12(10)16-15(18)14-8-3-9-19-14/h1-9,17H,(H,16,18). The summed E-state index contributed by atoms with van der Waals surface area (Å²) in [5.74, 6) is 0.0792. The van der Waals surface area contributed by atoms with Gasteiger partial charge in [-0.2, -0.15) is 0 Å². The van der Waals surface area contributed by atoms with Crippen molar-refractivity contribution in [2.24, 2.45) is 0 Å². The first kappa shape index (κ1) is 11.7. The number of carbonyl (C=O) groups excluding carboxylic acids is 1. The van der Waals surface area contributed by atoms with E-state index < -0.39 is 0 Å². The summed E-state index contributed by atoms with van der Waals surface area (Å²) in [5, 5.41) is 16.1. The number of hydrogen-bond acceptors (Lipinski definition) is 3. The maximum absolute atomic E-state index is 12.0. The van der Waals surface area contributed by atoms with E-state index in [9.17, 15) is 9.90 Å². The molecule has 0 saturated carbocycles. The zero-order valence-electron chi connectivity index (χ0n) is 9.96. The van der Waals surface area contributed by atoms with E-state index in [1.165, 1.54) is 11.3 Å². The first-order chi connectivity index (χ1) is 9.25. The fourth-order valence-corrected chi connectivity index (χ4v) is 2.61. The first-order valence-electron chi connectivity index (χ1n) is 5.81. The van der Waals surface area contributed by atoms with Gasteiger partial charge in [-0.15, -0.1) is 11.3 Å². The minimum Gasteiger partial charge on any atom is -0.507 e. The minimum atomic E-state index is -0.133. The number of aromatic hydroxyl groups is 1. The third-order valence-corrected chi connectivity index (χ3v) is 3.76. The number of fused-ring (bicyclic) bond motifs is 1. The Balaban J connectivity index is 2.02. The molecule has 0 unspecified atom stereocenters. The van der Waals surface area contributed by atoms with Crippen LogP contribution in [0.3, 0.4) is 0 Å². The molecule has 19 heavy (non-hydrogen) atoms. The van der Waals surface area contributed by atoms with Gasteiger partial charge in [-0.3, -0.25) is 4.79 Å². The van der Waals surface area contributed by atoms with E-state index >= 15 is 0 Å². The molecule has 0 radical (unpaired) electrons. The van der Waals surface area contributed by atoms with E-state index in [0.29, 0.717) is 10.6 Å². The number of carbonyl (C=O) groups is 1. The molecule has 0 saturated heterocycles. The highest BCUT2D eigenvalue weighted by molar-refractivity contribution is 7.12. The van der Waals surface area contributed by atoms with Gasteiger partial charge in [-0.1, -0.05) is 30.3 Å². The fraction of sp³-hybridized carbons (Fsp3) is 0. The SMILES string of the molecule is O=C(Nc1cccc2c(O)cccc12)c1cccs1. The molecule has 3 aromatic rings. The maximum atomic E-state index is 12.0. The highest BCUT2D eigenvalue weighted by Crippen LogP contribution is 2.30. The number of benzene rings is 2. The van der Waals surface area contributed by atoms with Crippen molar-refractivity contribution in [1.29, 1.82) is 0 Å². The minimum absolute atomic E-state index is 0.133. The number of nitrogens with one attached hydrogen (secondary N) is 1. The molecule has 1 amide bonds. The molecule has 2 aromatic carbocycles. The summed E-state index contributed by atoms with van der Waals surface area (Å²) < 4.78 is 0. The lowest BCUT2D eigenvalue weighted by molar-refractivity contribution is 0.103. The number of phenolic OH excluding ortho intramolecular Hbond substituents is 1. The second kappa shape index (κ2) is 4.74. The van der Waals surface area contributed by atoms with Gasteiger partial charge in [0.1, 0.15) is 5.75 Å². The van der Waals surface area contributed by atoms with Crippen LogP contribution in [0.1, 0.15) is 9.67 Å². The first-order valence-corrected chi connectivity index (χ1v) is 6.69. The second-order valence-electron chi connectivity index (χ2n) is 4.11. The molecule has 3 rings (SSSR count). The molecule has 1 heterocycles. The predicted molar refractivity (Wildman–Crippen MR) is 77.9 cm³/mol. The molecule has 0 atom stereocenters. The number of amides is 1. The summed E-state index contributed by atoms with van der Waals surface area (Å²) in [6.07, 6.45) is 0. The fourth-order valence-electron chi connectivity index (χ4n) is 1.99. The van der Waals surface area contributed by atoms with Gasteiger partial charge in [0.05, 0.1) is 4.88 Å². The summed E-state index contributed by atoms with van der Waals surface area (Å²) in [5.41, 5.74) is 0.701. The molecule has 1 aromatic heterocycles. The third-order valence-electron chi connectivity index (χ3n) is 2.89. The molecule has 0 bridgehead atoms. The van der Waals surface area contributed by atoms with Gasteiger partial charge >= 0.3 is 0 Å². The molecule has 0 spiro atoms. The molecule has 0 aliphatic rings. The number of hydrogen-bond donors (Lipinski definition) is 2. The summed E-state index contributed by atoms with van der Waals surface area (Å²) in [7, 11) is 0. The zero-order chi connectivity index (χ0) is 13.2. The summed E-state index contributed by atoms with van der Waals surface area (Å²) >= 11 is 1.40. The van der Waals surface area contributed by atoms with Crippen LogP contribution in [-0.2, 0) is 0 Å². The molecule has 0 fully saturated rings. The Morgan fingerprint density at radius 2 is 1.79 bits per heavy atom. The van der Waals surface area contributed by atoms with Crippen LogP contribution in [0.5, 0.6) is 5.75 Å². The maximum Gasteiger partial charge on any atom is 0.265 e. The largest absolute Gasteiger partial charge is 0.507 e. The van der Waals surface area contributed by atoms with Crippen molar-refractivity contribution in [1.82, 2.24) is 0 Å². The zero-order valence-corrected chi connectivity index (χ0v) is 10.8. The Hall–Kier alpha value is -2.33. The van der Waals surface area contributed by atoms with Gasteiger partial charge in [-0.05, 0) is 23.6 Å². The normalized spacial score (nSPS) is 10.5. The van der Waals surface area contributed by atoms with E-state index in [0.717, 1.165) is 10.8 Å². The van der Waals surface area contributed by atoms with Gasteiger partial charge in [0.25, 0.3) is 5.91 Å². The quantitative estimate of drug-likeness (QED) is 0.742. The Bertz CT molecular complexity index is 735. The van der Waals surface area contributed by atoms with Crippen LogP contribution in [-0.4, -0.2) is 11.0 Å². The lowest BCUT2D eigenvalue weighted by Crippen LogP contribution is -2.10. The van der Waals surface area contributed by atoms with Crippen LogP contribution < -0.4 is 5.32 Å². The molecular formula is C15H11NO2S. The second-order valence-corrected chi connectivity index (χ2v) is 5.06. The van der Waals surface area contributed by atoms with E-state index in [2.05, 4.69) is 5.32 Å². The van der Waals surface area contributed by atoms with Crippen molar-refractivity contribution in [3.63, 3.8) is 0 Å². The van der Waals surface area contributed by atoms with Crippen molar-refractivity contribution < 1.29 is 9.90 Å². The average Bonchev–Trinajstić information content (AvgIpc) is 2.94. The Kier molecular flexibility index (Phi) is 2.93. The Labute approximate surface area is 114 Å². The van der Waals surface area contributed by atoms with Crippen molar-refractivity contribution in [3.8, 4) is 5.75 Å². The van der Waals surface area contributed by atoms with Gasteiger partial charge in [0.15, 0.2) is 0 Å². The highest BCUT2D eigenvalue weighted by atomic mass is 32.1. The van der Waals surface area contributed by atoms with Crippen molar-refractivity contribution in [3.05, 3.63) is 58.8 Å². The van der Waals surface area contributed by atoms with E-state index in [1.54, 1.807) is 18.2 Å². The summed E-state index contributed by atoms with van der Waals surface area (Å²) in [6, 6.07) is 14.4. The molecule has 4 heteroatoms. The van der Waals surface area contributed by atoms with Crippen LogP contribution in [0.2, 0.25) is 0 Å². The van der Waals surface area contributed by atoms with Gasteiger partial charge < -0.3 is 10.4 Å². The molecule has 0 aliphatic heterocycles. The number of anilines is 1. The van der Waals surface area contributed by atoms with Crippen LogP contribution in [0.25, 0.3) is 10.8 Å². The van der Waals surface area contributed by atoms with Crippen LogP contribution >= 0.6 is 11.3 Å². The molecule has 94 valence electrons. The van der Waals surface area contributed by atoms with Gasteiger partial charge in [0.2, 0.25) is 0 Å². The molecule has 0 aliphatic carbocycles. The third kappa shape index (κ3) is 2.18. The van der Waals surface area contributed by atoms with E-state index in [1.807, 2.05) is 35.7 Å². The van der Waals surface area contributed by atoms with Crippen LogP contribution in [0, 0.1) is 0 Å². The summed E-state index contributed by atoms with van der Waals surface area (Å²) in [6.45, 7) is 0. The van der Waals surface area contributed by atoms with Crippen molar-refractivity contribution in [2.45, 2.75) is 0 Å². The monoisotopic (exact) mass is 269 g/mol. The topological polar surface area (TPSA) is 49.3 Å². The van der Waals surface area contributed by atoms with Crippen LogP contribution in [0.4, 0.5) is 5.69 Å². The molecule has 3 nitrogen and oxygen atoms in total. The Morgan fingerprint density at radius 3 is 2.58 bits per heavy atom. The summed E-state index contributed by atoms with van der Waals surface area (Å²) in [4.78, 5) is 12.7. The van der Waals surface area contributed by atoms with Gasteiger partial charge in [0, 0.05) is 16.5 Å². The smallest absolute Gasteiger partial charge is 0.265 e. The number of rotatable bonds is 2. The molecular weight excluding hydrogens is 258 g/mol. The lowest BCUT2D eigenvalue weighted by Gasteiger charge is -2.08. The van der Waals surface area contributed by atoms with Gasteiger partial charge in [-0.25, -0.2) is 0 Å². The van der Waals surface area contributed by atoms with E-state index in [4.69, 9.17) is 0 Å². The van der Waals surface area contributed by atoms with Crippen molar-refractivity contribution >= 4 is 33.7 Å². The Morgan fingerprint density at radius 1 is 1.00 bits per heavy atom. The highest BCUT2D eigenvalue weighted by Gasteiger charge is 2.09. The molecule has 2 N–H and O–H groups in total. The predicted octanol–water partition coefficient (Wildman–Crippen LogP) is 3.86. The van der Waals surface area contributed by atoms with E-state index in [-0.39, 0.29) is 11.7 Å². The van der Waals surface area contributed by atoms with Crippen molar-refractivity contribution in [2.75, 3.05) is 5.32 Å².